The summed E-state index contributed by atoms with van der Waals surface area (Å²) >= 11 is 0. The van der Waals surface area contributed by atoms with Crippen LogP contribution in [-0.4, -0.2) is 430 Å². The maximum Gasteiger partial charge on any atom is 0.251 e. The molecule has 10 aliphatic rings. The number of carbonyl (C=O) groups excluding carboxylic acids is 6. The summed E-state index contributed by atoms with van der Waals surface area (Å²) in [6.45, 7) is 11.5. The number of ketones is 2. The van der Waals surface area contributed by atoms with Crippen LogP contribution in [0.2, 0.25) is 0 Å². The maximum atomic E-state index is 14.5. The number of aliphatic hydroxyl groups is 10. The minimum absolute atomic E-state index is 0.0287. The van der Waals surface area contributed by atoms with Crippen molar-refractivity contribution >= 4 is 35.2 Å². The molecule has 8 heterocycles. The van der Waals surface area contributed by atoms with E-state index in [1.807, 2.05) is 13.8 Å². The van der Waals surface area contributed by atoms with Crippen LogP contribution in [0.3, 0.4) is 0 Å². The van der Waals surface area contributed by atoms with Gasteiger partial charge in [-0.3, -0.25) is 28.8 Å². The van der Waals surface area contributed by atoms with E-state index in [9.17, 15) is 79.8 Å². The van der Waals surface area contributed by atoms with E-state index in [1.54, 1.807) is 9.80 Å². The maximum absolute atomic E-state index is 14.5. The summed E-state index contributed by atoms with van der Waals surface area (Å²) in [4.78, 5) is 89.1. The topological polar surface area (TPSA) is 615 Å². The van der Waals surface area contributed by atoms with Gasteiger partial charge in [-0.1, -0.05) is 101 Å². The first-order valence-corrected chi connectivity index (χ1v) is 52.0. The number of hydrogen-bond acceptors (Lipinski definition) is 40. The minimum atomic E-state index is -1.68. The lowest BCUT2D eigenvalue weighted by molar-refractivity contribution is -0.338. The van der Waals surface area contributed by atoms with Crippen molar-refractivity contribution in [1.82, 2.24) is 50.4 Å². The Hall–Kier alpha value is -5.70. The van der Waals surface area contributed by atoms with Crippen LogP contribution in [0, 0.1) is 35.5 Å². The predicted molar refractivity (Wildman–Crippen MR) is 498 cm³/mol. The fourth-order valence-electron chi connectivity index (χ4n) is 20.7. The molecule has 12 unspecified atom stereocenters. The fourth-order valence-corrected chi connectivity index (χ4v) is 20.7. The number of nitrogens with zero attached hydrogens (tertiary/aromatic N) is 8. The van der Waals surface area contributed by atoms with Crippen LogP contribution in [0.5, 0.6) is 0 Å². The number of Topliss-reactive ketones (excluding diaryl/α,β-unsaturated/α-hetero) is 2. The number of ether oxygens (including phenoxy) is 18. The third-order valence-corrected chi connectivity index (χ3v) is 29.2. The third kappa shape index (κ3) is 33.4. The second-order valence-corrected chi connectivity index (χ2v) is 39.5. The van der Waals surface area contributed by atoms with E-state index in [0.717, 1.165) is 77.0 Å². The molecule has 6 saturated heterocycles. The molecule has 10 fully saturated rings. The standard InChI is InChI=1S/C96H162N12O34/c1-5-61-45-63(67(111)21-13-23-97)47-69(87(61)141-95-85(121)83(119)79(115)57(3)133-95)137-93-77(89(81(117)73(53-109)139-93)135-71(91(123)105-25-15-26-105)43-59-17-9-7-10-18-59)99-75(113)51-107-49-65(101-103-107)55-131-41-39-129-37-35-127-33-31-125-29-30-126-32-34-128-36-38-130-40-42-132-56-66-50-108(104-102-66)52-76(114)100-78-90(136-72(92(124)106-27-16-28-106)44-60-19-11-8-12-20-60)82(118)74(54-110)140-94(78)138-70-48-64(68(112)22-14-24-98)46-62(6-2)88(70)142-96-86(122)84(120)80(116)58(4)134-96/h49-50,57-64,69-74,77-90,93-96,109-110,115-122H,5-48,51-56,97-98H2,1-4H3,(H,99,113)(H,100,114)/t57?,58?,61?,62?,63?,64?,69-,70-,71+,72+,73+,74+,77?,78?,79-,80-,81+,82+,83+,84+,85?,86?,87-,88-,89?,90?,93-,94-,95+,96+/m1/s1. The number of amides is 4. The molecule has 2 aromatic rings. The minimum Gasteiger partial charge on any atom is -0.394 e. The molecule has 12 rings (SSSR count). The highest BCUT2D eigenvalue weighted by atomic mass is 16.8. The van der Waals surface area contributed by atoms with Crippen LogP contribution in [0.15, 0.2) is 12.4 Å². The van der Waals surface area contributed by atoms with Gasteiger partial charge in [-0.05, 0) is 115 Å². The first kappa shape index (κ1) is 115. The van der Waals surface area contributed by atoms with Crippen molar-refractivity contribution in [3.8, 4) is 0 Å². The molecule has 30 atom stereocenters. The molecule has 4 aliphatic carbocycles. The zero-order valence-corrected chi connectivity index (χ0v) is 83.0. The fraction of sp³-hybridized carbons (Fsp3) is 0.896. The van der Waals surface area contributed by atoms with E-state index < -0.39 is 221 Å². The van der Waals surface area contributed by atoms with Crippen LogP contribution in [0.1, 0.15) is 193 Å². The van der Waals surface area contributed by atoms with Crippen molar-refractivity contribution in [3.05, 3.63) is 23.8 Å². The van der Waals surface area contributed by atoms with E-state index in [-0.39, 0.29) is 101 Å². The first-order chi connectivity index (χ1) is 68.8. The number of likely N-dealkylation sites (tertiary alicyclic amines) is 2. The first-order valence-electron chi connectivity index (χ1n) is 52.0. The quantitative estimate of drug-likeness (QED) is 0.0333. The number of nitrogens with two attached hydrogens (primary N) is 2. The highest BCUT2D eigenvalue weighted by Gasteiger charge is 2.57. The SMILES string of the molecule is CCC1CC(C(=O)CCCN)C[C@@H](O[C@@H]2O[C@@H](CO)[C@H](O)C(O[C@@H](CC3CCCCC3)C(=O)N3CCC3)C2NC(=O)Cn2cc(COCCOCCOCCOCCOCCOCCOCCOCc3cn(CC(=O)NC4C(O[C@@H](CC5CCCCC5)C(=O)N5CCC5)[C@@H](O)[C@H](CO)O[C@H]4O[C@@H]4CC(C(=O)CCCN)CC(CC)[C@H]4O[C@@H]4OC(C)[C@@H](O)[C@H](O)C4O)nn3)nn2)[C@@H]1O[C@@H]1OC(C)[C@@H](O)[C@H](O)C1O. The van der Waals surface area contributed by atoms with Gasteiger partial charge in [0.05, 0.1) is 168 Å². The average Bonchev–Trinajstić information content (AvgIpc) is 0.790. The van der Waals surface area contributed by atoms with Gasteiger partial charge in [0.25, 0.3) is 11.8 Å². The Balaban J connectivity index is 0.533. The Labute approximate surface area is 830 Å². The number of rotatable bonds is 61. The van der Waals surface area contributed by atoms with Crippen molar-refractivity contribution < 1.29 is 165 Å². The molecular formula is C96H162N12O34. The Kier molecular flexibility index (Phi) is 48.3. The van der Waals surface area contributed by atoms with Gasteiger partial charge in [-0.2, -0.15) is 0 Å². The van der Waals surface area contributed by atoms with E-state index in [1.165, 1.54) is 35.6 Å². The van der Waals surface area contributed by atoms with E-state index in [2.05, 4.69) is 31.3 Å². The van der Waals surface area contributed by atoms with Gasteiger partial charge in [-0.25, -0.2) is 9.36 Å². The normalized spacial score (nSPS) is 33.2. The average molecular weight is 2030 g/mol. The monoisotopic (exact) mass is 2030 g/mol. The zero-order valence-electron chi connectivity index (χ0n) is 83.0. The second-order valence-electron chi connectivity index (χ2n) is 39.5. The molecule has 142 heavy (non-hydrogen) atoms. The molecule has 0 spiro atoms. The summed E-state index contributed by atoms with van der Waals surface area (Å²) in [6, 6.07) is -2.75. The van der Waals surface area contributed by atoms with Crippen LogP contribution in [0.25, 0.3) is 0 Å². The van der Waals surface area contributed by atoms with Gasteiger partial charge in [0, 0.05) is 50.9 Å². The molecule has 0 aromatic carbocycles. The number of carbonyl (C=O) groups is 6. The van der Waals surface area contributed by atoms with Gasteiger partial charge in [0.2, 0.25) is 11.8 Å². The van der Waals surface area contributed by atoms with Crippen LogP contribution >= 0.6 is 0 Å². The number of hydrogen-bond donors (Lipinski definition) is 14. The largest absolute Gasteiger partial charge is 0.394 e. The highest BCUT2D eigenvalue weighted by Crippen LogP contribution is 2.45. The van der Waals surface area contributed by atoms with Gasteiger partial charge in [0.15, 0.2) is 25.2 Å². The third-order valence-electron chi connectivity index (χ3n) is 29.2. The van der Waals surface area contributed by atoms with Gasteiger partial charge >= 0.3 is 0 Å². The lowest BCUT2D eigenvalue weighted by Gasteiger charge is -2.49. The molecule has 46 nitrogen and oxygen atoms in total. The zero-order chi connectivity index (χ0) is 101. The number of nitrogens with one attached hydrogen (secondary N) is 2. The van der Waals surface area contributed by atoms with Crippen molar-refractivity contribution in [3.63, 3.8) is 0 Å². The highest BCUT2D eigenvalue weighted by molar-refractivity contribution is 5.83. The summed E-state index contributed by atoms with van der Waals surface area (Å²) in [5, 5.41) is 134. The van der Waals surface area contributed by atoms with E-state index in [4.69, 9.17) is 96.7 Å². The summed E-state index contributed by atoms with van der Waals surface area (Å²) in [6.07, 6.45) is -13.9. The van der Waals surface area contributed by atoms with Crippen molar-refractivity contribution in [2.75, 3.05) is 145 Å². The molecule has 0 radical (unpaired) electrons. The molecule has 46 heteroatoms. The molecule has 0 bridgehead atoms. The molecule has 810 valence electrons. The van der Waals surface area contributed by atoms with E-state index >= 15 is 0 Å². The Morgan fingerprint density at radius 1 is 0.423 bits per heavy atom. The lowest BCUT2D eigenvalue weighted by atomic mass is 9.74. The van der Waals surface area contributed by atoms with Gasteiger partial charge in [0.1, 0.15) is 134 Å². The molecule has 6 aliphatic heterocycles. The van der Waals surface area contributed by atoms with Gasteiger partial charge in [-0.15, -0.1) is 10.2 Å². The smallest absolute Gasteiger partial charge is 0.251 e. The molecular weight excluding hydrogens is 1870 g/mol. The summed E-state index contributed by atoms with van der Waals surface area (Å²) in [7, 11) is 0. The van der Waals surface area contributed by atoms with Crippen LogP contribution < -0.4 is 22.1 Å². The Bertz CT molecular complexity index is 3760. The molecule has 4 amide bonds. The number of aliphatic hydroxyl groups excluding tert-OH is 10. The predicted octanol–water partition coefficient (Wildman–Crippen LogP) is -1.57. The van der Waals surface area contributed by atoms with E-state index in [0.29, 0.717) is 168 Å². The molecule has 2 aromatic heterocycles. The van der Waals surface area contributed by atoms with Gasteiger partial charge < -0.3 is 168 Å². The summed E-state index contributed by atoms with van der Waals surface area (Å²) in [5.41, 5.74) is 12.5. The Morgan fingerprint density at radius 2 is 0.768 bits per heavy atom. The molecule has 16 N–H and O–H groups in total. The summed E-state index contributed by atoms with van der Waals surface area (Å²) in [5.74, 6) is -3.52. The van der Waals surface area contributed by atoms with Crippen molar-refractivity contribution in [2.24, 2.45) is 47.0 Å². The van der Waals surface area contributed by atoms with Crippen molar-refractivity contribution in [1.29, 1.82) is 0 Å². The van der Waals surface area contributed by atoms with Crippen LogP contribution in [-0.2, 0) is 140 Å². The Morgan fingerprint density at radius 3 is 1.08 bits per heavy atom. The van der Waals surface area contributed by atoms with Crippen molar-refractivity contribution in [2.45, 2.75) is 367 Å². The number of aromatic nitrogens is 6. The van der Waals surface area contributed by atoms with Crippen LogP contribution in [0.4, 0.5) is 0 Å². The lowest BCUT2D eigenvalue weighted by Crippen LogP contribution is -2.68. The summed E-state index contributed by atoms with van der Waals surface area (Å²) < 4.78 is 114. The molecule has 4 saturated carbocycles. The second kappa shape index (κ2) is 59.6.